The van der Waals surface area contributed by atoms with Gasteiger partial charge in [-0.2, -0.15) is 0 Å². The minimum absolute atomic E-state index is 0.0643. The van der Waals surface area contributed by atoms with E-state index in [4.69, 9.17) is 0 Å². The average Bonchev–Trinajstić information content (AvgIpc) is 3.18. The Bertz CT molecular complexity index is 638. The van der Waals surface area contributed by atoms with Crippen molar-refractivity contribution in [3.05, 3.63) is 21.4 Å². The third-order valence-corrected chi connectivity index (χ3v) is 6.96. The fourth-order valence-electron chi connectivity index (χ4n) is 4.64. The number of amides is 1. The van der Waals surface area contributed by atoms with Crippen molar-refractivity contribution in [2.75, 3.05) is 13.1 Å². The molecule has 0 spiro atoms. The highest BCUT2D eigenvalue weighted by Gasteiger charge is 2.56. The molecule has 0 bridgehead atoms. The molecule has 5 heteroatoms. The Hall–Kier alpha value is -1.36. The Kier molecular flexibility index (Phi) is 3.29. The lowest BCUT2D eigenvalue weighted by Gasteiger charge is -2.23. The first kappa shape index (κ1) is 14.2. The summed E-state index contributed by atoms with van der Waals surface area (Å²) >= 11 is 1.70. The number of rotatable bonds is 2. The van der Waals surface area contributed by atoms with Crippen LogP contribution in [0.4, 0.5) is 0 Å². The number of aliphatic carboxylic acids is 1. The molecule has 2 heterocycles. The molecule has 1 aromatic rings. The van der Waals surface area contributed by atoms with Gasteiger partial charge >= 0.3 is 5.97 Å². The van der Waals surface area contributed by atoms with Crippen molar-refractivity contribution in [1.82, 2.24) is 4.90 Å². The van der Waals surface area contributed by atoms with Crippen molar-refractivity contribution in [1.29, 1.82) is 0 Å². The van der Waals surface area contributed by atoms with Gasteiger partial charge in [0.05, 0.1) is 11.0 Å². The van der Waals surface area contributed by atoms with Gasteiger partial charge in [-0.25, -0.2) is 0 Å². The fraction of sp³-hybridized carbons (Fsp3) is 0.647. The summed E-state index contributed by atoms with van der Waals surface area (Å²) in [6.07, 6.45) is 7.11. The summed E-state index contributed by atoms with van der Waals surface area (Å²) in [4.78, 5) is 27.8. The van der Waals surface area contributed by atoms with Crippen molar-refractivity contribution in [2.45, 2.75) is 44.9 Å². The highest BCUT2D eigenvalue weighted by Crippen LogP contribution is 2.49. The van der Waals surface area contributed by atoms with Crippen LogP contribution in [0.2, 0.25) is 0 Å². The van der Waals surface area contributed by atoms with E-state index in [2.05, 4.69) is 0 Å². The monoisotopic (exact) mass is 319 g/mol. The zero-order valence-electron chi connectivity index (χ0n) is 12.6. The number of hydrogen-bond acceptors (Lipinski definition) is 3. The zero-order valence-corrected chi connectivity index (χ0v) is 13.5. The number of likely N-dealkylation sites (tertiary alicyclic amines) is 1. The maximum absolute atomic E-state index is 12.9. The van der Waals surface area contributed by atoms with E-state index < -0.39 is 11.4 Å². The molecule has 3 aliphatic rings. The Morgan fingerprint density at radius 1 is 1.27 bits per heavy atom. The lowest BCUT2D eigenvalue weighted by Crippen LogP contribution is -2.37. The quantitative estimate of drug-likeness (QED) is 0.912. The number of nitrogens with zero attached hydrogens (tertiary/aromatic N) is 1. The number of carboxylic acid groups (broad SMARTS) is 1. The highest BCUT2D eigenvalue weighted by atomic mass is 32.1. The standard InChI is InChI=1S/C17H21NO3S/c19-15(13-9-22-14-6-2-1-5-12(13)14)18-8-11-4-3-7-17(11,10-18)16(20)21/h9,11H,1-8,10H2,(H,20,21)/t11-,17+/m0/s1. The van der Waals surface area contributed by atoms with Gasteiger partial charge in [0.15, 0.2) is 0 Å². The fourth-order valence-corrected chi connectivity index (χ4v) is 5.76. The SMILES string of the molecule is O=C(c1csc2c1CCCC2)N1C[C@@H]2CCC[C@@]2(C(=O)O)C1. The molecule has 1 amide bonds. The van der Waals surface area contributed by atoms with E-state index in [1.165, 1.54) is 16.9 Å². The van der Waals surface area contributed by atoms with E-state index >= 15 is 0 Å². The molecular formula is C17H21NO3S. The van der Waals surface area contributed by atoms with Crippen LogP contribution in [-0.4, -0.2) is 35.0 Å². The van der Waals surface area contributed by atoms with Crippen LogP contribution in [0.25, 0.3) is 0 Å². The van der Waals surface area contributed by atoms with Gasteiger partial charge in [0.25, 0.3) is 5.91 Å². The van der Waals surface area contributed by atoms with Gasteiger partial charge in [0.1, 0.15) is 0 Å². The van der Waals surface area contributed by atoms with Gasteiger partial charge in [-0.05, 0) is 50.0 Å². The molecule has 1 saturated heterocycles. The number of aryl methyl sites for hydroxylation is 1. The smallest absolute Gasteiger partial charge is 0.311 e. The summed E-state index contributed by atoms with van der Waals surface area (Å²) in [7, 11) is 0. The summed E-state index contributed by atoms with van der Waals surface area (Å²) in [5, 5.41) is 11.7. The molecule has 118 valence electrons. The van der Waals surface area contributed by atoms with E-state index in [-0.39, 0.29) is 11.8 Å². The number of hydrogen-bond donors (Lipinski definition) is 1. The maximum Gasteiger partial charge on any atom is 0.311 e. The predicted octanol–water partition coefficient (Wildman–Crippen LogP) is 2.95. The largest absolute Gasteiger partial charge is 0.481 e. The molecular weight excluding hydrogens is 298 g/mol. The number of fused-ring (bicyclic) bond motifs is 2. The van der Waals surface area contributed by atoms with E-state index in [1.54, 1.807) is 11.3 Å². The number of carboxylic acids is 1. The van der Waals surface area contributed by atoms with Crippen LogP contribution in [-0.2, 0) is 17.6 Å². The zero-order chi connectivity index (χ0) is 15.3. The van der Waals surface area contributed by atoms with E-state index in [9.17, 15) is 14.7 Å². The molecule has 4 rings (SSSR count). The van der Waals surface area contributed by atoms with Crippen LogP contribution < -0.4 is 0 Å². The number of carbonyl (C=O) groups is 2. The summed E-state index contributed by atoms with van der Waals surface area (Å²) < 4.78 is 0. The van der Waals surface area contributed by atoms with Crippen molar-refractivity contribution < 1.29 is 14.7 Å². The van der Waals surface area contributed by atoms with Gasteiger partial charge in [-0.1, -0.05) is 6.42 Å². The molecule has 2 aliphatic carbocycles. The molecule has 2 atom stereocenters. The molecule has 0 unspecified atom stereocenters. The third kappa shape index (κ3) is 1.94. The first-order valence-corrected chi connectivity index (χ1v) is 9.12. The van der Waals surface area contributed by atoms with Gasteiger partial charge in [-0.15, -0.1) is 11.3 Å². The minimum Gasteiger partial charge on any atom is -0.481 e. The molecule has 22 heavy (non-hydrogen) atoms. The van der Waals surface area contributed by atoms with Crippen LogP contribution in [0.15, 0.2) is 5.38 Å². The van der Waals surface area contributed by atoms with Crippen molar-refractivity contribution in [3.8, 4) is 0 Å². The summed E-state index contributed by atoms with van der Waals surface area (Å²) in [5.41, 5.74) is 1.41. The maximum atomic E-state index is 12.9. The van der Waals surface area contributed by atoms with E-state index in [0.29, 0.717) is 13.1 Å². The van der Waals surface area contributed by atoms with Crippen molar-refractivity contribution in [3.63, 3.8) is 0 Å². The molecule has 1 N–H and O–H groups in total. The summed E-state index contributed by atoms with van der Waals surface area (Å²) in [5.74, 6) is -0.504. The number of carbonyl (C=O) groups excluding carboxylic acids is 1. The van der Waals surface area contributed by atoms with Gasteiger partial charge in [0.2, 0.25) is 0 Å². The molecule has 2 fully saturated rings. The Morgan fingerprint density at radius 2 is 2.09 bits per heavy atom. The van der Waals surface area contributed by atoms with Gasteiger partial charge in [0, 0.05) is 23.3 Å². The number of thiophene rings is 1. The topological polar surface area (TPSA) is 57.6 Å². The van der Waals surface area contributed by atoms with Gasteiger partial charge < -0.3 is 10.0 Å². The molecule has 1 aromatic heterocycles. The van der Waals surface area contributed by atoms with Crippen LogP contribution in [0.5, 0.6) is 0 Å². The molecule has 1 aliphatic heterocycles. The molecule has 0 radical (unpaired) electrons. The predicted molar refractivity (Wildman–Crippen MR) is 84.3 cm³/mol. The first-order chi connectivity index (χ1) is 10.6. The third-order valence-electron chi connectivity index (χ3n) is 5.88. The molecule has 0 aromatic carbocycles. The Balaban J connectivity index is 1.60. The van der Waals surface area contributed by atoms with Crippen LogP contribution >= 0.6 is 11.3 Å². The van der Waals surface area contributed by atoms with Crippen LogP contribution in [0.1, 0.15) is 52.9 Å². The Labute approximate surface area is 134 Å². The second kappa shape index (κ2) is 5.08. The van der Waals surface area contributed by atoms with Crippen LogP contribution in [0.3, 0.4) is 0 Å². The van der Waals surface area contributed by atoms with Crippen molar-refractivity contribution >= 4 is 23.2 Å². The normalized spacial score (nSPS) is 30.2. The highest BCUT2D eigenvalue weighted by molar-refractivity contribution is 7.10. The molecule has 4 nitrogen and oxygen atoms in total. The first-order valence-electron chi connectivity index (χ1n) is 8.24. The Morgan fingerprint density at radius 3 is 2.86 bits per heavy atom. The lowest BCUT2D eigenvalue weighted by atomic mass is 9.81. The molecule has 1 saturated carbocycles. The average molecular weight is 319 g/mol. The minimum atomic E-state index is -0.711. The second-order valence-electron chi connectivity index (χ2n) is 6.99. The lowest BCUT2D eigenvalue weighted by molar-refractivity contribution is -0.149. The van der Waals surface area contributed by atoms with Crippen molar-refractivity contribution in [2.24, 2.45) is 11.3 Å². The summed E-state index contributed by atoms with van der Waals surface area (Å²) in [6, 6.07) is 0. The summed E-state index contributed by atoms with van der Waals surface area (Å²) in [6.45, 7) is 1.02. The second-order valence-corrected chi connectivity index (χ2v) is 7.96. The van der Waals surface area contributed by atoms with E-state index in [1.807, 2.05) is 10.3 Å². The van der Waals surface area contributed by atoms with E-state index in [0.717, 1.165) is 44.1 Å². The van der Waals surface area contributed by atoms with Gasteiger partial charge in [-0.3, -0.25) is 9.59 Å². The van der Waals surface area contributed by atoms with Crippen LogP contribution in [0, 0.1) is 11.3 Å².